The van der Waals surface area contributed by atoms with Crippen molar-refractivity contribution in [2.45, 2.75) is 28.3 Å². The fourth-order valence-electron chi connectivity index (χ4n) is 1.89. The first kappa shape index (κ1) is 16.5. The van der Waals surface area contributed by atoms with Gasteiger partial charge in [-0.3, -0.25) is 0 Å². The van der Waals surface area contributed by atoms with Gasteiger partial charge in [0.05, 0.1) is 11.3 Å². The van der Waals surface area contributed by atoms with E-state index in [0.29, 0.717) is 17.5 Å². The van der Waals surface area contributed by atoms with Gasteiger partial charge >= 0.3 is 0 Å². The lowest BCUT2D eigenvalue weighted by Gasteiger charge is -2.04. The van der Waals surface area contributed by atoms with E-state index in [1.54, 1.807) is 34.9 Å². The zero-order chi connectivity index (χ0) is 16.2. The molecule has 0 saturated heterocycles. The number of nitrogens with zero attached hydrogens (tertiary/aromatic N) is 4. The van der Waals surface area contributed by atoms with Crippen molar-refractivity contribution >= 4 is 51.6 Å². The van der Waals surface area contributed by atoms with E-state index in [2.05, 4.69) is 34.0 Å². The molecular formula is C15H17N5S3. The summed E-state index contributed by atoms with van der Waals surface area (Å²) in [6.07, 6.45) is 0. The molecule has 0 unspecified atom stereocenters. The van der Waals surface area contributed by atoms with E-state index in [0.717, 1.165) is 31.2 Å². The second kappa shape index (κ2) is 7.46. The van der Waals surface area contributed by atoms with Crippen LogP contribution in [0.15, 0.2) is 32.9 Å². The average Bonchev–Trinajstić information content (AvgIpc) is 2.99. The van der Waals surface area contributed by atoms with Crippen LogP contribution < -0.4 is 5.73 Å². The Hall–Kier alpha value is -1.38. The first-order chi connectivity index (χ1) is 11.1. The van der Waals surface area contributed by atoms with Crippen molar-refractivity contribution in [2.24, 2.45) is 5.92 Å². The average molecular weight is 364 g/mol. The maximum Gasteiger partial charge on any atom is 0.175 e. The van der Waals surface area contributed by atoms with Crippen LogP contribution in [0.4, 0.5) is 5.82 Å². The molecule has 0 spiro atoms. The van der Waals surface area contributed by atoms with Crippen LogP contribution >= 0.6 is 34.9 Å². The first-order valence-corrected chi connectivity index (χ1v) is 10.0. The van der Waals surface area contributed by atoms with Gasteiger partial charge in [-0.05, 0) is 18.1 Å². The Kier molecular flexibility index (Phi) is 5.34. The molecule has 0 atom stereocenters. The highest BCUT2D eigenvalue weighted by atomic mass is 32.2. The van der Waals surface area contributed by atoms with Gasteiger partial charge in [0.2, 0.25) is 0 Å². The number of hydrogen-bond donors (Lipinski definition) is 1. The molecule has 0 aliphatic carbocycles. The van der Waals surface area contributed by atoms with Gasteiger partial charge < -0.3 is 5.73 Å². The maximum absolute atomic E-state index is 6.01. The number of anilines is 1. The minimum atomic E-state index is 0.525. The maximum atomic E-state index is 6.01. The number of benzene rings is 1. The molecule has 0 amide bonds. The topological polar surface area (TPSA) is 77.6 Å². The van der Waals surface area contributed by atoms with Crippen LogP contribution in [-0.4, -0.2) is 25.9 Å². The van der Waals surface area contributed by atoms with E-state index < -0.39 is 0 Å². The van der Waals surface area contributed by atoms with E-state index in [4.69, 9.17) is 5.73 Å². The molecule has 0 bridgehead atoms. The van der Waals surface area contributed by atoms with Gasteiger partial charge in [-0.25, -0.2) is 9.97 Å². The van der Waals surface area contributed by atoms with Crippen molar-refractivity contribution in [1.29, 1.82) is 0 Å². The number of rotatable bonds is 6. The van der Waals surface area contributed by atoms with Gasteiger partial charge in [-0.2, -0.15) is 0 Å². The standard InChI is InChI=1S/C15H17N5S3/c1-9(2)7-21-14-19-20-15(23-14)22-8-12-17-11-6-4-3-5-10(11)13(16)18-12/h3-6,9H,7-8H2,1-2H3,(H2,16,17,18). The molecule has 120 valence electrons. The molecule has 23 heavy (non-hydrogen) atoms. The lowest BCUT2D eigenvalue weighted by molar-refractivity contribution is 0.749. The highest BCUT2D eigenvalue weighted by Gasteiger charge is 2.09. The number of thioether (sulfide) groups is 2. The van der Waals surface area contributed by atoms with Crippen LogP contribution in [0.5, 0.6) is 0 Å². The summed E-state index contributed by atoms with van der Waals surface area (Å²) in [7, 11) is 0. The minimum absolute atomic E-state index is 0.525. The summed E-state index contributed by atoms with van der Waals surface area (Å²) in [4.78, 5) is 8.94. The Morgan fingerprint density at radius 2 is 1.83 bits per heavy atom. The van der Waals surface area contributed by atoms with Crippen LogP contribution in [0.25, 0.3) is 10.9 Å². The molecule has 5 nitrogen and oxygen atoms in total. The molecule has 2 heterocycles. The van der Waals surface area contributed by atoms with Crippen molar-refractivity contribution in [1.82, 2.24) is 20.2 Å². The van der Waals surface area contributed by atoms with Crippen molar-refractivity contribution < 1.29 is 0 Å². The summed E-state index contributed by atoms with van der Waals surface area (Å²) in [5.41, 5.74) is 6.88. The molecule has 1 aromatic carbocycles. The lowest BCUT2D eigenvalue weighted by atomic mass is 10.2. The zero-order valence-electron chi connectivity index (χ0n) is 12.9. The zero-order valence-corrected chi connectivity index (χ0v) is 15.3. The Labute approximate surface area is 147 Å². The Bertz CT molecular complexity index is 803. The third-order valence-electron chi connectivity index (χ3n) is 2.93. The number of nitrogens with two attached hydrogens (primary N) is 1. The normalized spacial score (nSPS) is 11.4. The number of fused-ring (bicyclic) bond motifs is 1. The van der Waals surface area contributed by atoms with E-state index in [-0.39, 0.29) is 0 Å². The lowest BCUT2D eigenvalue weighted by Crippen LogP contribution is -1.99. The minimum Gasteiger partial charge on any atom is -0.383 e. The highest BCUT2D eigenvalue weighted by molar-refractivity contribution is 8.02. The smallest absolute Gasteiger partial charge is 0.175 e. The van der Waals surface area contributed by atoms with E-state index in [9.17, 15) is 0 Å². The summed E-state index contributed by atoms with van der Waals surface area (Å²) in [5, 5.41) is 9.32. The van der Waals surface area contributed by atoms with Crippen LogP contribution in [0.3, 0.4) is 0 Å². The fraction of sp³-hybridized carbons (Fsp3) is 0.333. The Balaban J connectivity index is 1.66. The first-order valence-electron chi connectivity index (χ1n) is 7.22. The second-order valence-electron chi connectivity index (χ2n) is 5.37. The summed E-state index contributed by atoms with van der Waals surface area (Å²) >= 11 is 4.97. The van der Waals surface area contributed by atoms with Crippen molar-refractivity contribution in [3.05, 3.63) is 30.1 Å². The predicted molar refractivity (Wildman–Crippen MR) is 99.0 cm³/mol. The fourth-order valence-corrected chi connectivity index (χ4v) is 4.75. The molecule has 2 N–H and O–H groups in total. The molecule has 0 aliphatic rings. The van der Waals surface area contributed by atoms with Crippen molar-refractivity contribution in [3.8, 4) is 0 Å². The third-order valence-corrected chi connectivity index (χ3v) is 6.54. The van der Waals surface area contributed by atoms with Gasteiger partial charge in [0.1, 0.15) is 11.6 Å². The molecular weight excluding hydrogens is 346 g/mol. The van der Waals surface area contributed by atoms with Gasteiger partial charge in [0.25, 0.3) is 0 Å². The molecule has 3 rings (SSSR count). The van der Waals surface area contributed by atoms with Crippen LogP contribution in [0.1, 0.15) is 19.7 Å². The van der Waals surface area contributed by atoms with Crippen LogP contribution in [0.2, 0.25) is 0 Å². The summed E-state index contributed by atoms with van der Waals surface area (Å²) < 4.78 is 1.95. The quantitative estimate of drug-likeness (QED) is 0.660. The van der Waals surface area contributed by atoms with Gasteiger partial charge in [-0.15, -0.1) is 10.2 Å². The summed E-state index contributed by atoms with van der Waals surface area (Å²) in [5.74, 6) is 3.59. The molecule has 8 heteroatoms. The third kappa shape index (κ3) is 4.33. The van der Waals surface area contributed by atoms with E-state index in [1.165, 1.54) is 0 Å². The monoisotopic (exact) mass is 363 g/mol. The number of para-hydroxylation sites is 1. The number of aromatic nitrogens is 4. The number of nitrogen functional groups attached to an aromatic ring is 1. The predicted octanol–water partition coefficient (Wildman–Crippen LogP) is 4.10. The van der Waals surface area contributed by atoms with Crippen LogP contribution in [-0.2, 0) is 5.75 Å². The molecule has 0 saturated carbocycles. The molecule has 2 aromatic heterocycles. The van der Waals surface area contributed by atoms with E-state index in [1.807, 2.05) is 24.3 Å². The SMILES string of the molecule is CC(C)CSc1nnc(SCc2nc(N)c3ccccc3n2)s1. The van der Waals surface area contributed by atoms with Crippen LogP contribution in [0, 0.1) is 5.92 Å². The van der Waals surface area contributed by atoms with Gasteiger partial charge in [0, 0.05) is 11.1 Å². The molecule has 0 radical (unpaired) electrons. The summed E-state index contributed by atoms with van der Waals surface area (Å²) in [6, 6.07) is 7.78. The number of hydrogen-bond acceptors (Lipinski definition) is 8. The molecule has 0 aliphatic heterocycles. The molecule has 3 aromatic rings. The van der Waals surface area contributed by atoms with Gasteiger partial charge in [-0.1, -0.05) is 60.8 Å². The Morgan fingerprint density at radius 1 is 1.09 bits per heavy atom. The van der Waals surface area contributed by atoms with Crippen molar-refractivity contribution in [3.63, 3.8) is 0 Å². The van der Waals surface area contributed by atoms with Crippen molar-refractivity contribution in [2.75, 3.05) is 11.5 Å². The Morgan fingerprint density at radius 3 is 2.61 bits per heavy atom. The highest BCUT2D eigenvalue weighted by Crippen LogP contribution is 2.31. The second-order valence-corrected chi connectivity index (χ2v) is 8.84. The summed E-state index contributed by atoms with van der Waals surface area (Å²) in [6.45, 7) is 4.40. The largest absolute Gasteiger partial charge is 0.383 e. The van der Waals surface area contributed by atoms with Gasteiger partial charge in [0.15, 0.2) is 8.68 Å². The molecule has 0 fully saturated rings. The van der Waals surface area contributed by atoms with E-state index >= 15 is 0 Å².